The SMILES string of the molecule is CC(C)(C)OC(=O)N1CCN(c2ccc(C#N)c(Cl)c2)CC1. The van der Waals surface area contributed by atoms with E-state index in [1.807, 2.05) is 32.9 Å². The fraction of sp³-hybridized carbons (Fsp3) is 0.500. The Balaban J connectivity index is 1.96. The summed E-state index contributed by atoms with van der Waals surface area (Å²) in [5, 5.41) is 9.36. The third-order valence-corrected chi connectivity index (χ3v) is 3.68. The van der Waals surface area contributed by atoms with Gasteiger partial charge in [0.2, 0.25) is 0 Å². The van der Waals surface area contributed by atoms with Gasteiger partial charge in [-0.3, -0.25) is 0 Å². The van der Waals surface area contributed by atoms with E-state index in [9.17, 15) is 4.79 Å². The molecule has 1 aromatic rings. The molecule has 2 rings (SSSR count). The summed E-state index contributed by atoms with van der Waals surface area (Å²) in [6.45, 7) is 8.21. The number of nitrogens with zero attached hydrogens (tertiary/aromatic N) is 3. The standard InChI is InChI=1S/C16H20ClN3O2/c1-16(2,3)22-15(21)20-8-6-19(7-9-20)13-5-4-12(11-18)14(17)10-13/h4-5,10H,6-9H2,1-3H3. The molecule has 0 aliphatic carbocycles. The van der Waals surface area contributed by atoms with E-state index in [4.69, 9.17) is 21.6 Å². The van der Waals surface area contributed by atoms with Gasteiger partial charge in [0, 0.05) is 31.9 Å². The predicted molar refractivity (Wildman–Crippen MR) is 86.2 cm³/mol. The first-order valence-electron chi connectivity index (χ1n) is 7.23. The molecule has 1 aliphatic heterocycles. The van der Waals surface area contributed by atoms with E-state index >= 15 is 0 Å². The smallest absolute Gasteiger partial charge is 0.410 e. The molecule has 1 heterocycles. The van der Waals surface area contributed by atoms with Crippen LogP contribution in [-0.2, 0) is 4.74 Å². The number of anilines is 1. The second-order valence-electron chi connectivity index (χ2n) is 6.23. The highest BCUT2D eigenvalue weighted by Crippen LogP contribution is 2.24. The van der Waals surface area contributed by atoms with Gasteiger partial charge in [-0.1, -0.05) is 11.6 Å². The Kier molecular flexibility index (Phi) is 4.82. The molecule has 1 saturated heterocycles. The van der Waals surface area contributed by atoms with Gasteiger partial charge < -0.3 is 14.5 Å². The maximum atomic E-state index is 12.0. The molecule has 0 saturated carbocycles. The summed E-state index contributed by atoms with van der Waals surface area (Å²) in [5.74, 6) is 0. The van der Waals surface area contributed by atoms with Crippen LogP contribution in [0.1, 0.15) is 26.3 Å². The third kappa shape index (κ3) is 4.05. The summed E-state index contributed by atoms with van der Waals surface area (Å²) >= 11 is 6.07. The Labute approximate surface area is 136 Å². The summed E-state index contributed by atoms with van der Waals surface area (Å²) in [6.07, 6.45) is -0.273. The van der Waals surface area contributed by atoms with Crippen molar-refractivity contribution >= 4 is 23.4 Å². The number of ether oxygens (including phenoxy) is 1. The Hall–Kier alpha value is -1.93. The third-order valence-electron chi connectivity index (χ3n) is 3.37. The molecule has 1 fully saturated rings. The van der Waals surface area contributed by atoms with E-state index in [0.717, 1.165) is 5.69 Å². The van der Waals surface area contributed by atoms with Crippen molar-refractivity contribution in [1.82, 2.24) is 4.90 Å². The van der Waals surface area contributed by atoms with E-state index in [1.54, 1.807) is 17.0 Å². The van der Waals surface area contributed by atoms with Crippen molar-refractivity contribution in [3.8, 4) is 6.07 Å². The Morgan fingerprint density at radius 1 is 1.27 bits per heavy atom. The van der Waals surface area contributed by atoms with Crippen LogP contribution in [0.2, 0.25) is 5.02 Å². The Morgan fingerprint density at radius 3 is 2.41 bits per heavy atom. The maximum absolute atomic E-state index is 12.0. The quantitative estimate of drug-likeness (QED) is 0.796. The molecular weight excluding hydrogens is 302 g/mol. The van der Waals surface area contributed by atoms with Crippen LogP contribution < -0.4 is 4.90 Å². The molecular formula is C16H20ClN3O2. The van der Waals surface area contributed by atoms with E-state index < -0.39 is 5.60 Å². The molecule has 0 radical (unpaired) electrons. The van der Waals surface area contributed by atoms with Crippen molar-refractivity contribution in [2.24, 2.45) is 0 Å². The van der Waals surface area contributed by atoms with Gasteiger partial charge in [0.25, 0.3) is 0 Å². The van der Waals surface area contributed by atoms with Crippen LogP contribution in [0.5, 0.6) is 0 Å². The van der Waals surface area contributed by atoms with Crippen molar-refractivity contribution in [3.63, 3.8) is 0 Å². The van der Waals surface area contributed by atoms with Crippen LogP contribution in [0.15, 0.2) is 18.2 Å². The van der Waals surface area contributed by atoms with Crippen LogP contribution in [-0.4, -0.2) is 42.8 Å². The number of halogens is 1. The summed E-state index contributed by atoms with van der Waals surface area (Å²) < 4.78 is 5.38. The van der Waals surface area contributed by atoms with E-state index in [-0.39, 0.29) is 6.09 Å². The van der Waals surface area contributed by atoms with Crippen molar-refractivity contribution in [3.05, 3.63) is 28.8 Å². The molecule has 1 aromatic carbocycles. The molecule has 6 heteroatoms. The zero-order valence-electron chi connectivity index (χ0n) is 13.1. The Bertz CT molecular complexity index is 596. The van der Waals surface area contributed by atoms with Gasteiger partial charge >= 0.3 is 6.09 Å². The lowest BCUT2D eigenvalue weighted by Gasteiger charge is -2.36. The minimum absolute atomic E-state index is 0.273. The molecule has 0 aromatic heterocycles. The Morgan fingerprint density at radius 2 is 1.91 bits per heavy atom. The second kappa shape index (κ2) is 6.45. The molecule has 118 valence electrons. The highest BCUT2D eigenvalue weighted by Gasteiger charge is 2.26. The lowest BCUT2D eigenvalue weighted by molar-refractivity contribution is 0.0240. The molecule has 1 aliphatic rings. The molecule has 0 bridgehead atoms. The molecule has 1 amide bonds. The molecule has 0 N–H and O–H groups in total. The van der Waals surface area contributed by atoms with Gasteiger partial charge in [0.15, 0.2) is 0 Å². The highest BCUT2D eigenvalue weighted by atomic mass is 35.5. The van der Waals surface area contributed by atoms with Gasteiger partial charge in [-0.25, -0.2) is 4.79 Å². The molecule has 5 nitrogen and oxygen atoms in total. The lowest BCUT2D eigenvalue weighted by atomic mass is 10.2. The fourth-order valence-corrected chi connectivity index (χ4v) is 2.48. The monoisotopic (exact) mass is 321 g/mol. The lowest BCUT2D eigenvalue weighted by Crippen LogP contribution is -2.50. The van der Waals surface area contributed by atoms with Crippen LogP contribution in [0.3, 0.4) is 0 Å². The van der Waals surface area contributed by atoms with Gasteiger partial charge in [0.1, 0.15) is 11.7 Å². The number of nitriles is 1. The molecule has 0 atom stereocenters. The molecule has 22 heavy (non-hydrogen) atoms. The first-order valence-corrected chi connectivity index (χ1v) is 7.60. The molecule has 0 unspecified atom stereocenters. The average molecular weight is 322 g/mol. The van der Waals surface area contributed by atoms with E-state index in [2.05, 4.69) is 4.90 Å². The van der Waals surface area contributed by atoms with Crippen LogP contribution in [0, 0.1) is 11.3 Å². The van der Waals surface area contributed by atoms with Gasteiger partial charge in [-0.15, -0.1) is 0 Å². The summed E-state index contributed by atoms with van der Waals surface area (Å²) in [7, 11) is 0. The zero-order valence-corrected chi connectivity index (χ0v) is 13.9. The topological polar surface area (TPSA) is 56.6 Å². The average Bonchev–Trinajstić information content (AvgIpc) is 2.45. The first-order chi connectivity index (χ1) is 10.3. The number of rotatable bonds is 1. The first kappa shape index (κ1) is 16.4. The zero-order chi connectivity index (χ0) is 16.3. The van der Waals surface area contributed by atoms with Crippen molar-refractivity contribution < 1.29 is 9.53 Å². The normalized spacial score (nSPS) is 15.4. The number of piperazine rings is 1. The van der Waals surface area contributed by atoms with Crippen LogP contribution in [0.25, 0.3) is 0 Å². The fourth-order valence-electron chi connectivity index (χ4n) is 2.27. The number of carbonyl (C=O) groups is 1. The van der Waals surface area contributed by atoms with Crippen molar-refractivity contribution in [1.29, 1.82) is 5.26 Å². The van der Waals surface area contributed by atoms with Gasteiger partial charge in [0.05, 0.1) is 10.6 Å². The van der Waals surface area contributed by atoms with E-state index in [0.29, 0.717) is 36.8 Å². The number of hydrogen-bond acceptors (Lipinski definition) is 4. The van der Waals surface area contributed by atoms with Gasteiger partial charge in [-0.05, 0) is 39.0 Å². The van der Waals surface area contributed by atoms with Crippen molar-refractivity contribution in [2.75, 3.05) is 31.1 Å². The minimum Gasteiger partial charge on any atom is -0.444 e. The predicted octanol–water partition coefficient (Wildman–Crippen LogP) is 3.27. The summed E-state index contributed by atoms with van der Waals surface area (Å²) in [4.78, 5) is 15.9. The maximum Gasteiger partial charge on any atom is 0.410 e. The van der Waals surface area contributed by atoms with Crippen LogP contribution >= 0.6 is 11.6 Å². The largest absolute Gasteiger partial charge is 0.444 e. The van der Waals surface area contributed by atoms with Crippen molar-refractivity contribution in [2.45, 2.75) is 26.4 Å². The summed E-state index contributed by atoms with van der Waals surface area (Å²) in [6, 6.07) is 7.45. The molecule has 0 spiro atoms. The number of hydrogen-bond donors (Lipinski definition) is 0. The van der Waals surface area contributed by atoms with Crippen LogP contribution in [0.4, 0.5) is 10.5 Å². The number of carbonyl (C=O) groups excluding carboxylic acids is 1. The minimum atomic E-state index is -0.477. The number of benzene rings is 1. The highest BCUT2D eigenvalue weighted by molar-refractivity contribution is 6.32. The second-order valence-corrected chi connectivity index (χ2v) is 6.64. The summed E-state index contributed by atoms with van der Waals surface area (Å²) in [5.41, 5.74) is 0.958. The van der Waals surface area contributed by atoms with E-state index in [1.165, 1.54) is 0 Å². The number of amides is 1. The van der Waals surface area contributed by atoms with Gasteiger partial charge in [-0.2, -0.15) is 5.26 Å².